The third-order valence-electron chi connectivity index (χ3n) is 2.29. The smallest absolute Gasteiger partial charge is 0.250 e. The molecule has 1 amide bonds. The third-order valence-corrected chi connectivity index (χ3v) is 2.29. The Bertz CT molecular complexity index is 547. The van der Waals surface area contributed by atoms with E-state index < -0.39 is 0 Å². The molecule has 1 heterocycles. The summed E-state index contributed by atoms with van der Waals surface area (Å²) in [6.45, 7) is 0. The number of aromatic nitrogens is 2. The Kier molecular flexibility index (Phi) is 3.76. The van der Waals surface area contributed by atoms with Crippen LogP contribution in [-0.2, 0) is 4.79 Å². The minimum absolute atomic E-state index is 0.254. The molecule has 0 radical (unpaired) electrons. The second kappa shape index (κ2) is 5.67. The van der Waals surface area contributed by atoms with Gasteiger partial charge in [0.1, 0.15) is 5.75 Å². The molecule has 0 saturated heterocycles. The Hall–Kier alpha value is -2.56. The van der Waals surface area contributed by atoms with E-state index in [0.29, 0.717) is 5.95 Å². The maximum absolute atomic E-state index is 11.6. The van der Waals surface area contributed by atoms with Gasteiger partial charge >= 0.3 is 0 Å². The van der Waals surface area contributed by atoms with Crippen molar-refractivity contribution in [2.45, 2.75) is 0 Å². The van der Waals surface area contributed by atoms with Gasteiger partial charge < -0.3 is 9.72 Å². The highest BCUT2D eigenvalue weighted by atomic mass is 16.5. The van der Waals surface area contributed by atoms with Crippen LogP contribution in [0.25, 0.3) is 6.08 Å². The summed E-state index contributed by atoms with van der Waals surface area (Å²) in [4.78, 5) is 18.3. The van der Waals surface area contributed by atoms with Crippen LogP contribution in [0.3, 0.4) is 0 Å². The highest BCUT2D eigenvalue weighted by molar-refractivity contribution is 6.01. The zero-order chi connectivity index (χ0) is 12.8. The topological polar surface area (TPSA) is 67.0 Å². The van der Waals surface area contributed by atoms with Gasteiger partial charge in [0.25, 0.3) is 5.91 Å². The standard InChI is InChI=1S/C13H13N3O2/c1-18-11-5-3-2-4-10(11)6-7-12(17)16-13-14-8-9-15-13/h2-9H,1H3,(H2,14,15,16,17). The lowest BCUT2D eigenvalue weighted by Crippen LogP contribution is -2.08. The van der Waals surface area contributed by atoms with Crippen LogP contribution in [0.15, 0.2) is 42.7 Å². The summed E-state index contributed by atoms with van der Waals surface area (Å²) in [5.74, 6) is 0.889. The summed E-state index contributed by atoms with van der Waals surface area (Å²) in [5, 5.41) is 2.60. The van der Waals surface area contributed by atoms with Crippen LogP contribution in [0.1, 0.15) is 5.56 Å². The summed E-state index contributed by atoms with van der Waals surface area (Å²) in [7, 11) is 1.59. The van der Waals surface area contributed by atoms with Crippen molar-refractivity contribution < 1.29 is 9.53 Å². The van der Waals surface area contributed by atoms with Crippen LogP contribution < -0.4 is 10.1 Å². The van der Waals surface area contributed by atoms with E-state index >= 15 is 0 Å². The normalized spacial score (nSPS) is 10.5. The summed E-state index contributed by atoms with van der Waals surface area (Å²) in [6, 6.07) is 7.46. The first-order valence-electron chi connectivity index (χ1n) is 5.41. The van der Waals surface area contributed by atoms with Crippen LogP contribution in [0, 0.1) is 0 Å². The van der Waals surface area contributed by atoms with E-state index in [1.807, 2.05) is 24.3 Å². The number of amides is 1. The number of hydrogen-bond donors (Lipinski definition) is 2. The minimum atomic E-state index is -0.254. The molecule has 2 rings (SSSR count). The van der Waals surface area contributed by atoms with Crippen molar-refractivity contribution in [1.29, 1.82) is 0 Å². The predicted octanol–water partition coefficient (Wildman–Crippen LogP) is 2.07. The molecule has 92 valence electrons. The first kappa shape index (κ1) is 11.9. The molecule has 1 aromatic heterocycles. The van der Waals surface area contributed by atoms with Gasteiger partial charge in [-0.15, -0.1) is 0 Å². The van der Waals surface area contributed by atoms with E-state index in [9.17, 15) is 4.79 Å². The molecule has 2 aromatic rings. The van der Waals surface area contributed by atoms with E-state index in [1.54, 1.807) is 25.6 Å². The lowest BCUT2D eigenvalue weighted by atomic mass is 10.2. The van der Waals surface area contributed by atoms with Gasteiger partial charge in [-0.2, -0.15) is 0 Å². The van der Waals surface area contributed by atoms with Gasteiger partial charge in [0.15, 0.2) is 0 Å². The lowest BCUT2D eigenvalue weighted by molar-refractivity contribution is -0.111. The van der Waals surface area contributed by atoms with Gasteiger partial charge in [0, 0.05) is 24.0 Å². The number of H-pyrrole nitrogens is 1. The summed E-state index contributed by atoms with van der Waals surface area (Å²) >= 11 is 0. The van der Waals surface area contributed by atoms with Crippen LogP contribution in [-0.4, -0.2) is 23.0 Å². The third kappa shape index (κ3) is 2.98. The van der Waals surface area contributed by atoms with Gasteiger partial charge in [-0.05, 0) is 12.1 Å². The summed E-state index contributed by atoms with van der Waals surface area (Å²) in [6.07, 6.45) is 6.33. The molecular formula is C13H13N3O2. The lowest BCUT2D eigenvalue weighted by Gasteiger charge is -2.03. The van der Waals surface area contributed by atoms with Gasteiger partial charge in [-0.25, -0.2) is 4.98 Å². The largest absolute Gasteiger partial charge is 0.496 e. The monoisotopic (exact) mass is 243 g/mol. The molecule has 18 heavy (non-hydrogen) atoms. The average molecular weight is 243 g/mol. The number of benzene rings is 1. The minimum Gasteiger partial charge on any atom is -0.496 e. The summed E-state index contributed by atoms with van der Waals surface area (Å²) < 4.78 is 5.18. The molecule has 0 atom stereocenters. The molecule has 5 heteroatoms. The first-order chi connectivity index (χ1) is 8.79. The zero-order valence-corrected chi connectivity index (χ0v) is 9.88. The number of nitrogens with one attached hydrogen (secondary N) is 2. The van der Waals surface area contributed by atoms with Crippen molar-refractivity contribution >= 4 is 17.9 Å². The van der Waals surface area contributed by atoms with Crippen molar-refractivity contribution in [3.05, 3.63) is 48.3 Å². The van der Waals surface area contributed by atoms with Crippen LogP contribution in [0.2, 0.25) is 0 Å². The fourth-order valence-corrected chi connectivity index (χ4v) is 1.46. The molecule has 0 saturated carbocycles. The predicted molar refractivity (Wildman–Crippen MR) is 69.2 cm³/mol. The maximum atomic E-state index is 11.6. The van der Waals surface area contributed by atoms with Gasteiger partial charge in [0.05, 0.1) is 7.11 Å². The molecule has 5 nitrogen and oxygen atoms in total. The Labute approximate surface area is 105 Å². The number of ether oxygens (including phenoxy) is 1. The first-order valence-corrected chi connectivity index (χ1v) is 5.41. The Morgan fingerprint density at radius 1 is 1.44 bits per heavy atom. The van der Waals surface area contributed by atoms with Crippen LogP contribution in [0.4, 0.5) is 5.95 Å². The van der Waals surface area contributed by atoms with Gasteiger partial charge in [-0.1, -0.05) is 18.2 Å². The quantitative estimate of drug-likeness (QED) is 0.808. The highest BCUT2D eigenvalue weighted by Crippen LogP contribution is 2.18. The van der Waals surface area contributed by atoms with E-state index in [0.717, 1.165) is 11.3 Å². The second-order valence-corrected chi connectivity index (χ2v) is 3.50. The molecular weight excluding hydrogens is 230 g/mol. The van der Waals surface area contributed by atoms with E-state index in [1.165, 1.54) is 6.08 Å². The Morgan fingerprint density at radius 2 is 2.28 bits per heavy atom. The number of imidazole rings is 1. The molecule has 0 unspecified atom stereocenters. The number of para-hydroxylation sites is 1. The number of rotatable bonds is 4. The summed E-state index contributed by atoms with van der Waals surface area (Å²) in [5.41, 5.74) is 0.842. The van der Waals surface area contributed by atoms with Gasteiger partial charge in [-0.3, -0.25) is 10.1 Å². The number of nitrogens with zero attached hydrogens (tertiary/aromatic N) is 1. The number of hydrogen-bond acceptors (Lipinski definition) is 3. The van der Waals surface area contributed by atoms with Crippen molar-refractivity contribution in [1.82, 2.24) is 9.97 Å². The fourth-order valence-electron chi connectivity index (χ4n) is 1.46. The Balaban J connectivity index is 2.04. The van der Waals surface area contributed by atoms with Crippen LogP contribution >= 0.6 is 0 Å². The molecule has 0 aliphatic rings. The van der Waals surface area contributed by atoms with Gasteiger partial charge in [0.2, 0.25) is 5.95 Å². The SMILES string of the molecule is COc1ccccc1C=CC(=O)Nc1ncc[nH]1. The molecule has 0 fully saturated rings. The van der Waals surface area contributed by atoms with Crippen molar-refractivity contribution in [3.8, 4) is 5.75 Å². The Morgan fingerprint density at radius 3 is 3.00 bits per heavy atom. The van der Waals surface area contributed by atoms with Crippen molar-refractivity contribution in [2.75, 3.05) is 12.4 Å². The number of carbonyl (C=O) groups is 1. The highest BCUT2D eigenvalue weighted by Gasteiger charge is 2.00. The van der Waals surface area contributed by atoms with E-state index in [2.05, 4.69) is 15.3 Å². The molecule has 0 aliphatic carbocycles. The molecule has 0 aliphatic heterocycles. The van der Waals surface area contributed by atoms with Crippen molar-refractivity contribution in [3.63, 3.8) is 0 Å². The van der Waals surface area contributed by atoms with Crippen LogP contribution in [0.5, 0.6) is 5.75 Å². The molecule has 0 spiro atoms. The average Bonchev–Trinajstić information content (AvgIpc) is 2.89. The second-order valence-electron chi connectivity index (χ2n) is 3.50. The molecule has 0 bridgehead atoms. The maximum Gasteiger partial charge on any atom is 0.250 e. The molecule has 2 N–H and O–H groups in total. The number of aromatic amines is 1. The molecule has 1 aromatic carbocycles. The van der Waals surface area contributed by atoms with E-state index in [4.69, 9.17) is 4.74 Å². The number of methoxy groups -OCH3 is 1. The van der Waals surface area contributed by atoms with E-state index in [-0.39, 0.29) is 5.91 Å². The van der Waals surface area contributed by atoms with Crippen molar-refractivity contribution in [2.24, 2.45) is 0 Å². The number of carbonyl (C=O) groups excluding carboxylic acids is 1. The number of anilines is 1. The zero-order valence-electron chi connectivity index (χ0n) is 9.88. The fraction of sp³-hybridized carbons (Fsp3) is 0.0769.